The SMILES string of the molecule is N[C@@H]1CCc2cc(OCC(=O)NC3CCCCC3)ccc21. The van der Waals surface area contributed by atoms with E-state index in [2.05, 4.69) is 5.32 Å². The first-order valence-electron chi connectivity index (χ1n) is 8.03. The van der Waals surface area contributed by atoms with E-state index in [4.69, 9.17) is 10.5 Å². The maximum Gasteiger partial charge on any atom is 0.258 e. The number of rotatable bonds is 4. The number of hydrogen-bond acceptors (Lipinski definition) is 3. The number of benzene rings is 1. The molecule has 0 aromatic heterocycles. The number of hydrogen-bond donors (Lipinski definition) is 2. The van der Waals surface area contributed by atoms with Gasteiger partial charge >= 0.3 is 0 Å². The second-order valence-corrected chi connectivity index (χ2v) is 6.20. The molecule has 1 aromatic rings. The highest BCUT2D eigenvalue weighted by molar-refractivity contribution is 5.77. The summed E-state index contributed by atoms with van der Waals surface area (Å²) in [4.78, 5) is 11.9. The van der Waals surface area contributed by atoms with Crippen LogP contribution in [0.15, 0.2) is 18.2 Å². The molecule has 2 aliphatic carbocycles. The van der Waals surface area contributed by atoms with Gasteiger partial charge in [-0.25, -0.2) is 0 Å². The molecule has 0 bridgehead atoms. The molecular weight excluding hydrogens is 264 g/mol. The van der Waals surface area contributed by atoms with Crippen molar-refractivity contribution < 1.29 is 9.53 Å². The van der Waals surface area contributed by atoms with Crippen molar-refractivity contribution in [1.82, 2.24) is 5.32 Å². The van der Waals surface area contributed by atoms with Crippen molar-refractivity contribution in [3.05, 3.63) is 29.3 Å². The van der Waals surface area contributed by atoms with Crippen LogP contribution in [-0.4, -0.2) is 18.6 Å². The molecule has 0 spiro atoms. The third-order valence-electron chi connectivity index (χ3n) is 4.58. The predicted octanol–water partition coefficient (Wildman–Crippen LogP) is 2.46. The minimum Gasteiger partial charge on any atom is -0.484 e. The van der Waals surface area contributed by atoms with Crippen LogP contribution in [0.2, 0.25) is 0 Å². The van der Waals surface area contributed by atoms with E-state index in [0.717, 1.165) is 31.4 Å². The summed E-state index contributed by atoms with van der Waals surface area (Å²) in [5, 5.41) is 3.06. The van der Waals surface area contributed by atoms with E-state index >= 15 is 0 Å². The van der Waals surface area contributed by atoms with Crippen molar-refractivity contribution in [2.75, 3.05) is 6.61 Å². The summed E-state index contributed by atoms with van der Waals surface area (Å²) in [6.45, 7) is 0.0986. The van der Waals surface area contributed by atoms with Gasteiger partial charge in [-0.3, -0.25) is 4.79 Å². The Morgan fingerprint density at radius 3 is 2.86 bits per heavy atom. The molecule has 3 rings (SSSR count). The molecule has 2 aliphatic rings. The molecule has 4 heteroatoms. The zero-order valence-electron chi connectivity index (χ0n) is 12.4. The molecule has 0 unspecified atom stereocenters. The number of ether oxygens (including phenoxy) is 1. The summed E-state index contributed by atoms with van der Waals surface area (Å²) in [5.41, 5.74) is 8.49. The van der Waals surface area contributed by atoms with Gasteiger partial charge in [-0.05, 0) is 48.9 Å². The topological polar surface area (TPSA) is 64.3 Å². The van der Waals surface area contributed by atoms with E-state index in [0.29, 0.717) is 6.04 Å². The standard InChI is InChI=1S/C17H24N2O2/c18-16-9-6-12-10-14(7-8-15(12)16)21-11-17(20)19-13-4-2-1-3-5-13/h7-8,10,13,16H,1-6,9,11,18H2,(H,19,20)/t16-/m1/s1. The number of carbonyl (C=O) groups is 1. The number of aryl methyl sites for hydroxylation is 1. The fraction of sp³-hybridized carbons (Fsp3) is 0.588. The third-order valence-corrected chi connectivity index (χ3v) is 4.58. The van der Waals surface area contributed by atoms with Crippen LogP contribution in [0.5, 0.6) is 5.75 Å². The Bertz CT molecular complexity index is 510. The average Bonchev–Trinajstić information content (AvgIpc) is 2.87. The first kappa shape index (κ1) is 14.4. The van der Waals surface area contributed by atoms with Gasteiger partial charge in [0.05, 0.1) is 0 Å². The summed E-state index contributed by atoms with van der Waals surface area (Å²) < 4.78 is 5.62. The molecule has 21 heavy (non-hydrogen) atoms. The molecule has 114 valence electrons. The second kappa shape index (κ2) is 6.48. The van der Waals surface area contributed by atoms with Crippen molar-refractivity contribution in [2.24, 2.45) is 5.73 Å². The third kappa shape index (κ3) is 3.56. The van der Waals surface area contributed by atoms with Gasteiger partial charge < -0.3 is 15.8 Å². The summed E-state index contributed by atoms with van der Waals surface area (Å²) >= 11 is 0. The zero-order valence-corrected chi connectivity index (χ0v) is 12.4. The Labute approximate surface area is 126 Å². The van der Waals surface area contributed by atoms with E-state index in [-0.39, 0.29) is 18.6 Å². The van der Waals surface area contributed by atoms with Crippen LogP contribution >= 0.6 is 0 Å². The largest absolute Gasteiger partial charge is 0.484 e. The maximum atomic E-state index is 11.9. The number of amides is 1. The smallest absolute Gasteiger partial charge is 0.258 e. The lowest BCUT2D eigenvalue weighted by atomic mass is 9.95. The number of nitrogens with one attached hydrogen (secondary N) is 1. The Balaban J connectivity index is 1.49. The Hall–Kier alpha value is -1.55. The fourth-order valence-electron chi connectivity index (χ4n) is 3.38. The highest BCUT2D eigenvalue weighted by atomic mass is 16.5. The summed E-state index contributed by atoms with van der Waals surface area (Å²) in [5.74, 6) is 0.751. The molecule has 1 atom stereocenters. The highest BCUT2D eigenvalue weighted by Gasteiger charge is 2.19. The Morgan fingerprint density at radius 1 is 1.24 bits per heavy atom. The molecule has 0 heterocycles. The first-order valence-corrected chi connectivity index (χ1v) is 8.03. The molecule has 0 saturated heterocycles. The maximum absolute atomic E-state index is 11.9. The summed E-state index contributed by atoms with van der Waals surface area (Å²) in [7, 11) is 0. The van der Waals surface area contributed by atoms with Crippen molar-refractivity contribution in [1.29, 1.82) is 0 Å². The normalized spacial score (nSPS) is 21.9. The van der Waals surface area contributed by atoms with Crippen molar-refractivity contribution >= 4 is 5.91 Å². The van der Waals surface area contributed by atoms with Crippen LogP contribution in [0.25, 0.3) is 0 Å². The van der Waals surface area contributed by atoms with Crippen LogP contribution in [-0.2, 0) is 11.2 Å². The molecule has 1 fully saturated rings. The predicted molar refractivity (Wildman–Crippen MR) is 82.2 cm³/mol. The van der Waals surface area contributed by atoms with Gasteiger partial charge in [0.15, 0.2) is 6.61 Å². The van der Waals surface area contributed by atoms with Gasteiger partial charge in [0.25, 0.3) is 5.91 Å². The van der Waals surface area contributed by atoms with E-state index in [1.54, 1.807) is 0 Å². The van der Waals surface area contributed by atoms with E-state index in [1.807, 2.05) is 18.2 Å². The first-order chi connectivity index (χ1) is 10.2. The van der Waals surface area contributed by atoms with Crippen molar-refractivity contribution in [3.8, 4) is 5.75 Å². The minimum atomic E-state index is -0.0147. The molecule has 3 N–H and O–H groups in total. The lowest BCUT2D eigenvalue weighted by molar-refractivity contribution is -0.124. The van der Waals surface area contributed by atoms with Crippen LogP contribution in [0.3, 0.4) is 0 Å². The van der Waals surface area contributed by atoms with Gasteiger partial charge in [-0.1, -0.05) is 25.3 Å². The quantitative estimate of drug-likeness (QED) is 0.894. The number of carbonyl (C=O) groups excluding carboxylic acids is 1. The molecule has 1 amide bonds. The fourth-order valence-corrected chi connectivity index (χ4v) is 3.38. The van der Waals surface area contributed by atoms with Crippen LogP contribution < -0.4 is 15.8 Å². The van der Waals surface area contributed by atoms with Gasteiger partial charge in [0.2, 0.25) is 0 Å². The lowest BCUT2D eigenvalue weighted by Crippen LogP contribution is -2.38. The van der Waals surface area contributed by atoms with Gasteiger partial charge in [0, 0.05) is 12.1 Å². The van der Waals surface area contributed by atoms with Crippen molar-refractivity contribution in [3.63, 3.8) is 0 Å². The van der Waals surface area contributed by atoms with Crippen LogP contribution in [0, 0.1) is 0 Å². The highest BCUT2D eigenvalue weighted by Crippen LogP contribution is 2.31. The van der Waals surface area contributed by atoms with Gasteiger partial charge in [-0.2, -0.15) is 0 Å². The lowest BCUT2D eigenvalue weighted by Gasteiger charge is -2.22. The Kier molecular flexibility index (Phi) is 4.44. The molecule has 0 radical (unpaired) electrons. The molecule has 1 aromatic carbocycles. The molecule has 0 aliphatic heterocycles. The second-order valence-electron chi connectivity index (χ2n) is 6.20. The number of fused-ring (bicyclic) bond motifs is 1. The molecular formula is C17H24N2O2. The number of nitrogens with two attached hydrogens (primary N) is 1. The van der Waals surface area contributed by atoms with E-state index in [1.165, 1.54) is 30.4 Å². The van der Waals surface area contributed by atoms with Crippen LogP contribution in [0.1, 0.15) is 55.7 Å². The summed E-state index contributed by atoms with van der Waals surface area (Å²) in [6, 6.07) is 6.46. The average molecular weight is 288 g/mol. The summed E-state index contributed by atoms with van der Waals surface area (Å²) in [6.07, 6.45) is 7.93. The van der Waals surface area contributed by atoms with Crippen molar-refractivity contribution in [2.45, 2.75) is 57.0 Å². The van der Waals surface area contributed by atoms with E-state index in [9.17, 15) is 4.79 Å². The Morgan fingerprint density at radius 2 is 2.05 bits per heavy atom. The molecule has 1 saturated carbocycles. The van der Waals surface area contributed by atoms with Gasteiger partial charge in [-0.15, -0.1) is 0 Å². The van der Waals surface area contributed by atoms with E-state index < -0.39 is 0 Å². The molecule has 4 nitrogen and oxygen atoms in total. The zero-order chi connectivity index (χ0) is 14.7. The monoisotopic (exact) mass is 288 g/mol. The minimum absolute atomic E-state index is 0.0147. The van der Waals surface area contributed by atoms with Crippen LogP contribution in [0.4, 0.5) is 0 Å². The van der Waals surface area contributed by atoms with Gasteiger partial charge in [0.1, 0.15) is 5.75 Å².